The predicted molar refractivity (Wildman–Crippen MR) is 116 cm³/mol. The van der Waals surface area contributed by atoms with Gasteiger partial charge in [0.25, 0.3) is 5.91 Å². The van der Waals surface area contributed by atoms with Crippen LogP contribution in [0, 0.1) is 20.8 Å². The lowest BCUT2D eigenvalue weighted by Gasteiger charge is -2.12. The third kappa shape index (κ3) is 3.99. The van der Waals surface area contributed by atoms with E-state index in [0.29, 0.717) is 29.4 Å². The van der Waals surface area contributed by atoms with Crippen LogP contribution in [0.1, 0.15) is 32.4 Å². The number of nitrogens with zero attached hydrogens (tertiary/aromatic N) is 2. The number of carbonyl (C=O) groups is 1. The van der Waals surface area contributed by atoms with E-state index in [1.165, 1.54) is 0 Å². The summed E-state index contributed by atoms with van der Waals surface area (Å²) in [7, 11) is 1.54. The molecule has 4 aromatic rings. The van der Waals surface area contributed by atoms with E-state index in [1.54, 1.807) is 36.6 Å². The molecule has 0 aliphatic rings. The zero-order valence-corrected chi connectivity index (χ0v) is 17.9. The molecule has 0 aliphatic carbocycles. The molecule has 0 aliphatic heterocycles. The lowest BCUT2D eigenvalue weighted by Crippen LogP contribution is -2.12. The number of methoxy groups -OCH3 is 1. The number of fused-ring (bicyclic) bond motifs is 1. The van der Waals surface area contributed by atoms with Crippen LogP contribution in [0.2, 0.25) is 0 Å². The fraction of sp³-hybridized carbons (Fsp3) is 0.227. The summed E-state index contributed by atoms with van der Waals surface area (Å²) in [4.78, 5) is 17.2. The number of aromatic nitrogens is 2. The highest BCUT2D eigenvalue weighted by molar-refractivity contribution is 7.18. The van der Waals surface area contributed by atoms with Crippen molar-refractivity contribution in [2.75, 3.05) is 12.4 Å². The standard InChI is InChI=1S/C22H21N3O4S/c1-12-17(13(2)29-25-12)11-28-19-8-5-15(9-20(19)27-4)22(26)24-16-6-7-18-21(10-16)30-14(3)23-18/h5-10H,11H2,1-4H3,(H,24,26). The largest absolute Gasteiger partial charge is 0.493 e. The highest BCUT2D eigenvalue weighted by atomic mass is 32.1. The first-order valence-electron chi connectivity index (χ1n) is 9.35. The van der Waals surface area contributed by atoms with Gasteiger partial charge in [-0.3, -0.25) is 4.79 Å². The molecule has 4 rings (SSSR count). The number of rotatable bonds is 6. The van der Waals surface area contributed by atoms with Crippen LogP contribution in [-0.4, -0.2) is 23.2 Å². The first kappa shape index (κ1) is 19.9. The van der Waals surface area contributed by atoms with E-state index in [1.807, 2.05) is 39.0 Å². The Morgan fingerprint density at radius 2 is 1.97 bits per heavy atom. The van der Waals surface area contributed by atoms with Crippen LogP contribution in [0.25, 0.3) is 10.2 Å². The molecule has 0 bridgehead atoms. The average Bonchev–Trinajstić information content (AvgIpc) is 3.26. The SMILES string of the molecule is COc1cc(C(=O)Nc2ccc3nc(C)sc3c2)ccc1OCc1c(C)noc1C. The molecule has 0 saturated carbocycles. The summed E-state index contributed by atoms with van der Waals surface area (Å²) in [6.45, 7) is 5.97. The Balaban J connectivity index is 1.50. The second-order valence-electron chi connectivity index (χ2n) is 6.83. The van der Waals surface area contributed by atoms with Gasteiger partial charge in [0.15, 0.2) is 11.5 Å². The van der Waals surface area contributed by atoms with E-state index in [2.05, 4.69) is 15.5 Å². The summed E-state index contributed by atoms with van der Waals surface area (Å²) in [6, 6.07) is 10.8. The molecule has 0 fully saturated rings. The number of ether oxygens (including phenoxy) is 2. The third-order valence-electron chi connectivity index (χ3n) is 4.73. The molecular formula is C22H21N3O4S. The van der Waals surface area contributed by atoms with Crippen molar-refractivity contribution in [3.63, 3.8) is 0 Å². The van der Waals surface area contributed by atoms with Gasteiger partial charge >= 0.3 is 0 Å². The first-order chi connectivity index (χ1) is 14.4. The van der Waals surface area contributed by atoms with Gasteiger partial charge in [-0.2, -0.15) is 0 Å². The fourth-order valence-corrected chi connectivity index (χ4v) is 3.97. The molecule has 1 amide bonds. The van der Waals surface area contributed by atoms with E-state index >= 15 is 0 Å². The van der Waals surface area contributed by atoms with Crippen LogP contribution in [0.5, 0.6) is 11.5 Å². The van der Waals surface area contributed by atoms with Crippen molar-refractivity contribution < 1.29 is 18.8 Å². The molecule has 0 saturated heterocycles. The van der Waals surface area contributed by atoms with E-state index in [4.69, 9.17) is 14.0 Å². The van der Waals surface area contributed by atoms with Crippen molar-refractivity contribution in [1.82, 2.24) is 10.1 Å². The summed E-state index contributed by atoms with van der Waals surface area (Å²) >= 11 is 1.59. The second kappa shape index (κ2) is 8.16. The molecule has 2 heterocycles. The van der Waals surface area contributed by atoms with Crippen LogP contribution in [0.4, 0.5) is 5.69 Å². The lowest BCUT2D eigenvalue weighted by atomic mass is 10.1. The minimum atomic E-state index is -0.230. The van der Waals surface area contributed by atoms with Gasteiger partial charge in [-0.05, 0) is 57.2 Å². The maximum atomic E-state index is 12.7. The van der Waals surface area contributed by atoms with Crippen molar-refractivity contribution in [3.8, 4) is 11.5 Å². The molecule has 0 radical (unpaired) electrons. The number of nitrogens with one attached hydrogen (secondary N) is 1. The summed E-state index contributed by atoms with van der Waals surface area (Å²) in [5, 5.41) is 7.84. The highest BCUT2D eigenvalue weighted by Gasteiger charge is 2.15. The maximum absolute atomic E-state index is 12.7. The van der Waals surface area contributed by atoms with Crippen molar-refractivity contribution in [2.45, 2.75) is 27.4 Å². The molecule has 8 heteroatoms. The normalized spacial score (nSPS) is 10.9. The van der Waals surface area contributed by atoms with E-state index in [0.717, 1.165) is 32.2 Å². The number of anilines is 1. The van der Waals surface area contributed by atoms with Crippen LogP contribution >= 0.6 is 11.3 Å². The number of benzene rings is 2. The maximum Gasteiger partial charge on any atom is 0.255 e. The van der Waals surface area contributed by atoms with Gasteiger partial charge in [0.05, 0.1) is 33.6 Å². The Kier molecular flexibility index (Phi) is 5.41. The Labute approximate surface area is 177 Å². The molecule has 2 aromatic heterocycles. The molecule has 0 spiro atoms. The quantitative estimate of drug-likeness (QED) is 0.467. The van der Waals surface area contributed by atoms with E-state index < -0.39 is 0 Å². The van der Waals surface area contributed by atoms with Gasteiger partial charge in [-0.25, -0.2) is 4.98 Å². The Morgan fingerprint density at radius 1 is 1.13 bits per heavy atom. The van der Waals surface area contributed by atoms with Crippen LogP contribution in [-0.2, 0) is 6.61 Å². The van der Waals surface area contributed by atoms with Gasteiger partial charge in [-0.15, -0.1) is 11.3 Å². The Hall–Kier alpha value is -3.39. The minimum Gasteiger partial charge on any atom is -0.493 e. The summed E-state index contributed by atoms with van der Waals surface area (Å²) in [5.41, 5.74) is 3.80. The Morgan fingerprint density at radius 3 is 2.70 bits per heavy atom. The molecular weight excluding hydrogens is 402 g/mol. The summed E-state index contributed by atoms with van der Waals surface area (Å²) in [5.74, 6) is 1.50. The summed E-state index contributed by atoms with van der Waals surface area (Å²) < 4.78 is 17.5. The third-order valence-corrected chi connectivity index (χ3v) is 5.67. The molecule has 0 atom stereocenters. The molecule has 30 heavy (non-hydrogen) atoms. The Bertz CT molecular complexity index is 1210. The lowest BCUT2D eigenvalue weighted by molar-refractivity contribution is 0.102. The topological polar surface area (TPSA) is 86.5 Å². The number of hydrogen-bond acceptors (Lipinski definition) is 7. The van der Waals surface area contributed by atoms with Gasteiger partial charge < -0.3 is 19.3 Å². The number of thiazole rings is 1. The van der Waals surface area contributed by atoms with Crippen molar-refractivity contribution in [1.29, 1.82) is 0 Å². The summed E-state index contributed by atoms with van der Waals surface area (Å²) in [6.07, 6.45) is 0. The number of aryl methyl sites for hydroxylation is 3. The smallest absolute Gasteiger partial charge is 0.255 e. The predicted octanol–water partition coefficient (Wildman–Crippen LogP) is 5.05. The average molecular weight is 423 g/mol. The molecule has 154 valence electrons. The number of carbonyl (C=O) groups excluding carboxylic acids is 1. The van der Waals surface area contributed by atoms with Crippen LogP contribution in [0.3, 0.4) is 0 Å². The number of amides is 1. The first-order valence-corrected chi connectivity index (χ1v) is 10.2. The fourth-order valence-electron chi connectivity index (χ4n) is 3.11. The molecule has 2 aromatic carbocycles. The molecule has 7 nitrogen and oxygen atoms in total. The minimum absolute atomic E-state index is 0.230. The van der Waals surface area contributed by atoms with Crippen LogP contribution in [0.15, 0.2) is 40.9 Å². The zero-order chi connectivity index (χ0) is 21.3. The van der Waals surface area contributed by atoms with E-state index in [-0.39, 0.29) is 5.91 Å². The molecule has 1 N–H and O–H groups in total. The highest BCUT2D eigenvalue weighted by Crippen LogP contribution is 2.30. The van der Waals surface area contributed by atoms with Gasteiger partial charge in [0.1, 0.15) is 12.4 Å². The van der Waals surface area contributed by atoms with Crippen LogP contribution < -0.4 is 14.8 Å². The number of hydrogen-bond donors (Lipinski definition) is 1. The van der Waals surface area contributed by atoms with Gasteiger partial charge in [0.2, 0.25) is 0 Å². The van der Waals surface area contributed by atoms with Gasteiger partial charge in [-0.1, -0.05) is 5.16 Å². The van der Waals surface area contributed by atoms with Crippen molar-refractivity contribution in [2.24, 2.45) is 0 Å². The second-order valence-corrected chi connectivity index (χ2v) is 8.06. The monoisotopic (exact) mass is 423 g/mol. The molecule has 0 unspecified atom stereocenters. The van der Waals surface area contributed by atoms with E-state index in [9.17, 15) is 4.79 Å². The van der Waals surface area contributed by atoms with Crippen molar-refractivity contribution in [3.05, 3.63) is 64.0 Å². The zero-order valence-electron chi connectivity index (χ0n) is 17.1. The van der Waals surface area contributed by atoms with Gasteiger partial charge in [0, 0.05) is 11.3 Å². The van der Waals surface area contributed by atoms with Crippen molar-refractivity contribution >= 4 is 33.1 Å².